The van der Waals surface area contributed by atoms with E-state index in [2.05, 4.69) is 5.32 Å². The van der Waals surface area contributed by atoms with Gasteiger partial charge in [0.15, 0.2) is 11.6 Å². The van der Waals surface area contributed by atoms with Crippen molar-refractivity contribution in [3.63, 3.8) is 0 Å². The van der Waals surface area contributed by atoms with Crippen LogP contribution in [0.4, 0.5) is 20.2 Å². The highest BCUT2D eigenvalue weighted by atomic mass is 19.2. The van der Waals surface area contributed by atoms with E-state index in [9.17, 15) is 18.4 Å². The molecular weight excluding hydrogens is 438 g/mol. The quantitative estimate of drug-likeness (QED) is 0.473. The maximum Gasteiger partial charge on any atom is 0.282 e. The third-order valence-corrected chi connectivity index (χ3v) is 5.39. The van der Waals surface area contributed by atoms with Gasteiger partial charge in [-0.15, -0.1) is 0 Å². The van der Waals surface area contributed by atoms with Crippen LogP contribution in [0.15, 0.2) is 66.4 Å². The third kappa shape index (κ3) is 4.41. The zero-order chi connectivity index (χ0) is 24.6. The molecule has 2 amide bonds. The molecule has 5 nitrogen and oxygen atoms in total. The third-order valence-electron chi connectivity index (χ3n) is 5.39. The zero-order valence-corrected chi connectivity index (χ0v) is 19.3. The van der Waals surface area contributed by atoms with E-state index < -0.39 is 23.4 Å². The minimum Gasteiger partial charge on any atom is -0.491 e. The molecule has 1 aliphatic heterocycles. The molecule has 0 spiro atoms. The van der Waals surface area contributed by atoms with Crippen LogP contribution >= 0.6 is 0 Å². The van der Waals surface area contributed by atoms with Crippen molar-refractivity contribution >= 4 is 28.8 Å². The number of aryl methyl sites for hydroxylation is 2. The summed E-state index contributed by atoms with van der Waals surface area (Å²) in [5, 5.41) is 2.85. The summed E-state index contributed by atoms with van der Waals surface area (Å²) in [6, 6.07) is 15.4. The molecule has 0 aliphatic carbocycles. The van der Waals surface area contributed by atoms with E-state index in [0.717, 1.165) is 28.2 Å². The number of carbonyl (C=O) groups is 2. The number of rotatable bonds is 6. The largest absolute Gasteiger partial charge is 0.491 e. The first kappa shape index (κ1) is 23.2. The molecule has 3 aromatic rings. The fourth-order valence-corrected chi connectivity index (χ4v) is 3.89. The van der Waals surface area contributed by atoms with E-state index in [4.69, 9.17) is 4.74 Å². The summed E-state index contributed by atoms with van der Waals surface area (Å²) in [5.74, 6) is -2.57. The number of halogens is 2. The van der Waals surface area contributed by atoms with Gasteiger partial charge in [-0.3, -0.25) is 9.59 Å². The Bertz CT molecular complexity index is 1310. The first-order chi connectivity index (χ1) is 16.2. The lowest BCUT2D eigenvalue weighted by Gasteiger charge is -2.17. The number of carbonyl (C=O) groups excluding carboxylic acids is 2. The van der Waals surface area contributed by atoms with E-state index in [1.165, 1.54) is 6.07 Å². The molecule has 0 fully saturated rings. The molecule has 0 unspecified atom stereocenters. The minimum atomic E-state index is -1.06. The van der Waals surface area contributed by atoms with Gasteiger partial charge in [-0.1, -0.05) is 23.8 Å². The van der Waals surface area contributed by atoms with Crippen molar-refractivity contribution in [1.29, 1.82) is 0 Å². The highest BCUT2D eigenvalue weighted by Crippen LogP contribution is 2.36. The van der Waals surface area contributed by atoms with Gasteiger partial charge in [0.2, 0.25) is 0 Å². The van der Waals surface area contributed by atoms with Crippen molar-refractivity contribution < 1.29 is 23.1 Å². The fourth-order valence-electron chi connectivity index (χ4n) is 3.89. The number of anilines is 2. The normalized spacial score (nSPS) is 13.8. The molecule has 1 aliphatic rings. The Balaban J connectivity index is 1.79. The van der Waals surface area contributed by atoms with Gasteiger partial charge in [-0.2, -0.15) is 0 Å². The maximum atomic E-state index is 13.8. The molecule has 0 bridgehead atoms. The van der Waals surface area contributed by atoms with Crippen molar-refractivity contribution in [3.8, 4) is 5.75 Å². The molecule has 34 heavy (non-hydrogen) atoms. The Hall–Kier alpha value is -4.00. The number of ether oxygens (including phenoxy) is 1. The van der Waals surface area contributed by atoms with Gasteiger partial charge in [-0.05, 0) is 75.2 Å². The molecule has 0 radical (unpaired) electrons. The van der Waals surface area contributed by atoms with E-state index >= 15 is 0 Å². The van der Waals surface area contributed by atoms with Gasteiger partial charge < -0.3 is 10.1 Å². The van der Waals surface area contributed by atoms with Gasteiger partial charge >= 0.3 is 0 Å². The predicted octanol–water partition coefficient (Wildman–Crippen LogP) is 5.77. The van der Waals surface area contributed by atoms with Crippen molar-refractivity contribution in [3.05, 3.63) is 94.7 Å². The molecule has 7 heteroatoms. The second kappa shape index (κ2) is 9.09. The highest BCUT2D eigenvalue weighted by molar-refractivity contribution is 6.46. The summed E-state index contributed by atoms with van der Waals surface area (Å²) in [7, 11) is 0. The van der Waals surface area contributed by atoms with Crippen LogP contribution in [0.3, 0.4) is 0 Å². The molecule has 4 rings (SSSR count). The first-order valence-corrected chi connectivity index (χ1v) is 10.8. The van der Waals surface area contributed by atoms with Crippen molar-refractivity contribution in [2.45, 2.75) is 33.8 Å². The summed E-state index contributed by atoms with van der Waals surface area (Å²) in [6.07, 6.45) is -0.0226. The summed E-state index contributed by atoms with van der Waals surface area (Å²) in [4.78, 5) is 28.1. The molecule has 1 N–H and O–H groups in total. The van der Waals surface area contributed by atoms with E-state index in [-0.39, 0.29) is 23.1 Å². The van der Waals surface area contributed by atoms with E-state index in [1.54, 1.807) is 30.3 Å². The zero-order valence-electron chi connectivity index (χ0n) is 19.3. The van der Waals surface area contributed by atoms with Gasteiger partial charge in [-0.25, -0.2) is 13.7 Å². The van der Waals surface area contributed by atoms with E-state index in [1.807, 2.05) is 39.8 Å². The van der Waals surface area contributed by atoms with Crippen molar-refractivity contribution in [2.24, 2.45) is 0 Å². The number of hydrogen-bond donors (Lipinski definition) is 1. The van der Waals surface area contributed by atoms with Crippen molar-refractivity contribution in [1.82, 2.24) is 0 Å². The van der Waals surface area contributed by atoms with Gasteiger partial charge in [0.1, 0.15) is 11.4 Å². The lowest BCUT2D eigenvalue weighted by molar-refractivity contribution is -0.120. The van der Waals surface area contributed by atoms with Crippen molar-refractivity contribution in [2.75, 3.05) is 10.2 Å². The monoisotopic (exact) mass is 462 g/mol. The SMILES string of the molecule is Cc1ccc(C2=C(Nc3ccc(F)c(F)c3)C(=O)N(c3ccc(OC(C)C)cc3)C2=O)c(C)c1. The maximum absolute atomic E-state index is 13.8. The number of nitrogens with one attached hydrogen (secondary N) is 1. The topological polar surface area (TPSA) is 58.6 Å². The first-order valence-electron chi connectivity index (χ1n) is 10.8. The molecule has 174 valence electrons. The highest BCUT2D eigenvalue weighted by Gasteiger charge is 2.40. The van der Waals surface area contributed by atoms with Crippen LogP contribution in [0.25, 0.3) is 5.57 Å². The number of amides is 2. The molecule has 0 saturated heterocycles. The van der Waals surface area contributed by atoms with Crippen LogP contribution in [0, 0.1) is 25.5 Å². The number of hydrogen-bond acceptors (Lipinski definition) is 4. The molecule has 1 heterocycles. The Morgan fingerprint density at radius 2 is 1.56 bits per heavy atom. The van der Waals surface area contributed by atoms with Crippen LogP contribution in [0.5, 0.6) is 5.75 Å². The van der Waals surface area contributed by atoms with Crippen LogP contribution in [0.1, 0.15) is 30.5 Å². The molecule has 0 saturated carbocycles. The standard InChI is InChI=1S/C27H24F2N2O3/c1-15(2)34-20-9-7-19(8-10-20)31-26(32)24(21-11-5-16(3)13-17(21)4)25(27(31)33)30-18-6-12-22(28)23(29)14-18/h5-15,30H,1-4H3. The van der Waals surface area contributed by atoms with Crippen LogP contribution in [0.2, 0.25) is 0 Å². The molecule has 0 aromatic heterocycles. The lowest BCUT2D eigenvalue weighted by Crippen LogP contribution is -2.32. The van der Waals surface area contributed by atoms with E-state index in [0.29, 0.717) is 17.0 Å². The summed E-state index contributed by atoms with van der Waals surface area (Å²) in [5.41, 5.74) is 3.07. The Morgan fingerprint density at radius 1 is 0.853 bits per heavy atom. The Morgan fingerprint density at radius 3 is 2.18 bits per heavy atom. The summed E-state index contributed by atoms with van der Waals surface area (Å²) < 4.78 is 32.9. The Labute approximate surface area is 196 Å². The van der Waals surface area contributed by atoms with Crippen LogP contribution in [-0.2, 0) is 9.59 Å². The second-order valence-electron chi connectivity index (χ2n) is 8.43. The number of nitrogens with zero attached hydrogens (tertiary/aromatic N) is 1. The molecule has 0 atom stereocenters. The minimum absolute atomic E-state index is 0.00883. The molecule has 3 aromatic carbocycles. The van der Waals surface area contributed by atoms with Crippen LogP contribution < -0.4 is 15.0 Å². The van der Waals surface area contributed by atoms with Gasteiger partial charge in [0.05, 0.1) is 17.4 Å². The van der Waals surface area contributed by atoms with Crippen LogP contribution in [-0.4, -0.2) is 17.9 Å². The average molecular weight is 462 g/mol. The average Bonchev–Trinajstić information content (AvgIpc) is 3.01. The molecular formula is C27H24F2N2O3. The second-order valence-corrected chi connectivity index (χ2v) is 8.43. The Kier molecular flexibility index (Phi) is 6.20. The summed E-state index contributed by atoms with van der Waals surface area (Å²) in [6.45, 7) is 7.58. The number of benzene rings is 3. The lowest BCUT2D eigenvalue weighted by atomic mass is 9.97. The van der Waals surface area contributed by atoms with Gasteiger partial charge in [0, 0.05) is 11.8 Å². The van der Waals surface area contributed by atoms with Gasteiger partial charge in [0.25, 0.3) is 11.8 Å². The predicted molar refractivity (Wildman–Crippen MR) is 128 cm³/mol. The smallest absolute Gasteiger partial charge is 0.282 e. The summed E-state index contributed by atoms with van der Waals surface area (Å²) >= 11 is 0. The fraction of sp³-hybridized carbons (Fsp3) is 0.185. The number of imide groups is 1.